The smallest absolute Gasteiger partial charge is 0.325 e. The molecule has 0 N–H and O–H groups in total. The van der Waals surface area contributed by atoms with Gasteiger partial charge in [-0.15, -0.1) is 0 Å². The van der Waals surface area contributed by atoms with Gasteiger partial charge in [0.1, 0.15) is 6.54 Å². The van der Waals surface area contributed by atoms with Gasteiger partial charge in [-0.2, -0.15) is 0 Å². The van der Waals surface area contributed by atoms with Crippen molar-refractivity contribution in [3.63, 3.8) is 0 Å². The summed E-state index contributed by atoms with van der Waals surface area (Å²) >= 11 is 6.68. The molecule has 39 heavy (non-hydrogen) atoms. The zero-order valence-corrected chi connectivity index (χ0v) is 24.3. The number of fused-ring (bicyclic) bond motifs is 1. The lowest BCUT2D eigenvalue weighted by Crippen LogP contribution is -2.53. The highest BCUT2D eigenvalue weighted by Crippen LogP contribution is 2.35. The number of benzene rings is 2. The zero-order valence-electron chi connectivity index (χ0n) is 23.6. The topological polar surface area (TPSA) is 67.2 Å². The van der Waals surface area contributed by atoms with E-state index in [-0.39, 0.29) is 24.5 Å². The fourth-order valence-electron chi connectivity index (χ4n) is 4.96. The van der Waals surface area contributed by atoms with E-state index in [1.807, 2.05) is 45.9 Å². The third-order valence-electron chi connectivity index (χ3n) is 7.33. The number of hydrogen-bond acceptors (Lipinski definition) is 4. The summed E-state index contributed by atoms with van der Waals surface area (Å²) in [6, 6.07) is 11.6. The Balaban J connectivity index is 1.58. The SMILES string of the molecule is CCCCCOc1cc(N2CC[C@@H](C)N(Cc3cccc4c3c(Cl)cn4CC(=O)N(C)C)C2=O)ccc1OC. The second-order valence-electron chi connectivity index (χ2n) is 10.3. The fourth-order valence-corrected chi connectivity index (χ4v) is 5.30. The molecule has 4 rings (SSSR count). The molecule has 1 saturated heterocycles. The Labute approximate surface area is 236 Å². The molecule has 9 heteroatoms. The highest BCUT2D eigenvalue weighted by Gasteiger charge is 2.32. The summed E-state index contributed by atoms with van der Waals surface area (Å²) in [4.78, 5) is 31.5. The van der Waals surface area contributed by atoms with Crippen LogP contribution >= 0.6 is 11.6 Å². The summed E-state index contributed by atoms with van der Waals surface area (Å²) < 4.78 is 13.4. The summed E-state index contributed by atoms with van der Waals surface area (Å²) in [7, 11) is 5.10. The second-order valence-corrected chi connectivity index (χ2v) is 10.7. The highest BCUT2D eigenvalue weighted by molar-refractivity contribution is 6.36. The Morgan fingerprint density at radius 1 is 1.15 bits per heavy atom. The number of ether oxygens (including phenoxy) is 2. The van der Waals surface area contributed by atoms with Gasteiger partial charge in [0.15, 0.2) is 11.5 Å². The average molecular weight is 555 g/mol. The molecule has 1 fully saturated rings. The number of urea groups is 1. The molecule has 8 nitrogen and oxygen atoms in total. The molecule has 0 radical (unpaired) electrons. The van der Waals surface area contributed by atoms with Gasteiger partial charge < -0.3 is 23.8 Å². The average Bonchev–Trinajstić information content (AvgIpc) is 3.24. The van der Waals surface area contributed by atoms with E-state index in [4.69, 9.17) is 21.1 Å². The Hall–Kier alpha value is -3.39. The number of methoxy groups -OCH3 is 1. The van der Waals surface area contributed by atoms with Gasteiger partial charge in [0, 0.05) is 56.6 Å². The first-order chi connectivity index (χ1) is 18.7. The molecule has 0 bridgehead atoms. The number of carbonyl (C=O) groups is 2. The minimum absolute atomic E-state index is 0.0161. The first-order valence-electron chi connectivity index (χ1n) is 13.6. The minimum atomic E-state index is -0.0637. The third kappa shape index (κ3) is 6.27. The molecule has 210 valence electrons. The van der Waals surface area contributed by atoms with Crippen LogP contribution in [0.15, 0.2) is 42.6 Å². The van der Waals surface area contributed by atoms with Crippen LogP contribution in [-0.4, -0.2) is 66.7 Å². The van der Waals surface area contributed by atoms with E-state index in [2.05, 4.69) is 13.8 Å². The molecule has 0 unspecified atom stereocenters. The van der Waals surface area contributed by atoms with Gasteiger partial charge >= 0.3 is 6.03 Å². The number of amides is 3. The molecule has 3 amide bonds. The number of anilines is 1. The number of rotatable bonds is 11. The normalized spacial score (nSPS) is 15.6. The number of unbranched alkanes of at least 4 members (excludes halogenated alkanes) is 2. The molecule has 0 saturated carbocycles. The number of halogens is 1. The first-order valence-corrected chi connectivity index (χ1v) is 14.0. The summed E-state index contributed by atoms with van der Waals surface area (Å²) in [6.45, 7) is 6.07. The number of hydrogen-bond donors (Lipinski definition) is 0. The molecule has 1 atom stereocenters. The molecule has 1 aromatic heterocycles. The molecule has 2 heterocycles. The van der Waals surface area contributed by atoms with Crippen molar-refractivity contribution in [1.82, 2.24) is 14.4 Å². The zero-order chi connectivity index (χ0) is 28.1. The largest absolute Gasteiger partial charge is 0.493 e. The lowest BCUT2D eigenvalue weighted by Gasteiger charge is -2.40. The van der Waals surface area contributed by atoms with Crippen LogP contribution in [-0.2, 0) is 17.9 Å². The maximum absolute atomic E-state index is 13.8. The van der Waals surface area contributed by atoms with Gasteiger partial charge in [0.2, 0.25) is 5.91 Å². The molecule has 1 aliphatic rings. The molecule has 2 aromatic carbocycles. The Bertz CT molecular complexity index is 1320. The lowest BCUT2D eigenvalue weighted by molar-refractivity contribution is -0.129. The second kappa shape index (κ2) is 12.6. The quantitative estimate of drug-likeness (QED) is 0.265. The van der Waals surface area contributed by atoms with Crippen molar-refractivity contribution in [2.45, 2.75) is 58.7 Å². The standard InChI is InChI=1S/C30H39ClN4O4/c1-6-7-8-16-39-27-17-23(12-13-26(27)38-5)34-15-14-21(2)35(30(34)37)18-22-10-9-11-25-29(22)24(31)19-33(25)20-28(36)32(3)4/h9-13,17,19,21H,6-8,14-16,18,20H2,1-5H3/t21-/m1/s1. The molecular formula is C30H39ClN4O4. The van der Waals surface area contributed by atoms with Gasteiger partial charge in [-0.3, -0.25) is 9.69 Å². The van der Waals surface area contributed by atoms with Gasteiger partial charge in [0.05, 0.1) is 24.3 Å². The van der Waals surface area contributed by atoms with Crippen LogP contribution in [0.4, 0.5) is 10.5 Å². The molecule has 0 spiro atoms. The van der Waals surface area contributed by atoms with Crippen molar-refractivity contribution < 1.29 is 19.1 Å². The van der Waals surface area contributed by atoms with Crippen LogP contribution in [0.1, 0.15) is 45.1 Å². The van der Waals surface area contributed by atoms with Crippen LogP contribution in [0.3, 0.4) is 0 Å². The van der Waals surface area contributed by atoms with Gasteiger partial charge in [-0.25, -0.2) is 4.79 Å². The third-order valence-corrected chi connectivity index (χ3v) is 7.62. The highest BCUT2D eigenvalue weighted by atomic mass is 35.5. The van der Waals surface area contributed by atoms with Crippen molar-refractivity contribution in [3.8, 4) is 11.5 Å². The maximum atomic E-state index is 13.8. The molecule has 3 aromatic rings. The van der Waals surface area contributed by atoms with Crippen LogP contribution in [0.5, 0.6) is 11.5 Å². The van der Waals surface area contributed by atoms with E-state index in [9.17, 15) is 9.59 Å². The van der Waals surface area contributed by atoms with Crippen LogP contribution in [0, 0.1) is 0 Å². The summed E-state index contributed by atoms with van der Waals surface area (Å²) in [5, 5.41) is 1.44. The van der Waals surface area contributed by atoms with Crippen molar-refractivity contribution in [2.24, 2.45) is 0 Å². The van der Waals surface area contributed by atoms with Gasteiger partial charge in [0.25, 0.3) is 0 Å². The lowest BCUT2D eigenvalue weighted by atomic mass is 10.1. The first kappa shape index (κ1) is 28.6. The monoisotopic (exact) mass is 554 g/mol. The summed E-state index contributed by atoms with van der Waals surface area (Å²) in [5.41, 5.74) is 2.61. The summed E-state index contributed by atoms with van der Waals surface area (Å²) in [6.07, 6.45) is 5.81. The molecular weight excluding hydrogens is 516 g/mol. The van der Waals surface area contributed by atoms with E-state index in [0.717, 1.165) is 47.8 Å². The predicted molar refractivity (Wildman–Crippen MR) is 156 cm³/mol. The van der Waals surface area contributed by atoms with E-state index < -0.39 is 0 Å². The van der Waals surface area contributed by atoms with Crippen LogP contribution in [0.2, 0.25) is 5.02 Å². The van der Waals surface area contributed by atoms with Crippen molar-refractivity contribution in [3.05, 3.63) is 53.2 Å². The van der Waals surface area contributed by atoms with Crippen LogP contribution < -0.4 is 14.4 Å². The predicted octanol–water partition coefficient (Wildman–Crippen LogP) is 6.18. The number of likely N-dealkylation sites (N-methyl/N-ethyl adjacent to an activating group) is 1. The van der Waals surface area contributed by atoms with Crippen molar-refractivity contribution in [2.75, 3.05) is 39.3 Å². The summed E-state index contributed by atoms with van der Waals surface area (Å²) in [5.74, 6) is 1.29. The van der Waals surface area contributed by atoms with Gasteiger partial charge in [-0.05, 0) is 43.5 Å². The van der Waals surface area contributed by atoms with Gasteiger partial charge in [-0.1, -0.05) is 43.5 Å². The van der Waals surface area contributed by atoms with E-state index >= 15 is 0 Å². The van der Waals surface area contributed by atoms with Crippen molar-refractivity contribution >= 4 is 40.1 Å². The minimum Gasteiger partial charge on any atom is -0.493 e. The van der Waals surface area contributed by atoms with Crippen molar-refractivity contribution in [1.29, 1.82) is 0 Å². The molecule has 0 aliphatic carbocycles. The van der Waals surface area contributed by atoms with E-state index in [1.165, 1.54) is 0 Å². The van der Waals surface area contributed by atoms with Crippen LogP contribution in [0.25, 0.3) is 10.9 Å². The Morgan fingerprint density at radius 2 is 1.95 bits per heavy atom. The van der Waals surface area contributed by atoms with E-state index in [1.54, 1.807) is 37.2 Å². The Morgan fingerprint density at radius 3 is 2.67 bits per heavy atom. The molecule has 1 aliphatic heterocycles. The fraction of sp³-hybridized carbons (Fsp3) is 0.467. The van der Waals surface area contributed by atoms with E-state index in [0.29, 0.717) is 36.2 Å². The Kier molecular flexibility index (Phi) is 9.28. The number of carbonyl (C=O) groups excluding carboxylic acids is 2. The number of aromatic nitrogens is 1. The number of nitrogens with zero attached hydrogens (tertiary/aromatic N) is 4. The maximum Gasteiger partial charge on any atom is 0.325 e.